The molecule has 0 aromatic heterocycles. The summed E-state index contributed by atoms with van der Waals surface area (Å²) >= 11 is 1.65. The largest absolute Gasteiger partial charge is 0.465 e. The molecule has 0 aromatic carbocycles. The van der Waals surface area contributed by atoms with Crippen molar-refractivity contribution in [2.24, 2.45) is 17.8 Å². The highest BCUT2D eigenvalue weighted by molar-refractivity contribution is 8.02. The number of hydrogen-bond donors (Lipinski definition) is 1. The van der Waals surface area contributed by atoms with Gasteiger partial charge in [0.1, 0.15) is 6.04 Å². The van der Waals surface area contributed by atoms with Crippen molar-refractivity contribution in [2.75, 3.05) is 19.8 Å². The summed E-state index contributed by atoms with van der Waals surface area (Å²) in [7, 11) is 0. The lowest BCUT2D eigenvalue weighted by Gasteiger charge is -2.43. The van der Waals surface area contributed by atoms with Crippen molar-refractivity contribution in [1.82, 2.24) is 9.80 Å². The molecule has 3 aliphatic heterocycles. The second-order valence-electron chi connectivity index (χ2n) is 10.6. The summed E-state index contributed by atoms with van der Waals surface area (Å²) < 4.78 is 4.86. The van der Waals surface area contributed by atoms with Gasteiger partial charge in [-0.15, -0.1) is 24.9 Å². The zero-order valence-electron chi connectivity index (χ0n) is 21.1. The first-order chi connectivity index (χ1) is 16.8. The van der Waals surface area contributed by atoms with Gasteiger partial charge < -0.3 is 19.6 Å². The highest BCUT2D eigenvalue weighted by Crippen LogP contribution is 2.69. The van der Waals surface area contributed by atoms with Gasteiger partial charge in [0.2, 0.25) is 11.8 Å². The van der Waals surface area contributed by atoms with Crippen LogP contribution < -0.4 is 0 Å². The topological polar surface area (TPSA) is 87.2 Å². The first-order valence-electron chi connectivity index (χ1n) is 13.1. The number of rotatable bonds is 10. The molecule has 1 N–H and O–H groups in total. The van der Waals surface area contributed by atoms with Gasteiger partial charge in [-0.2, -0.15) is 0 Å². The molecule has 0 radical (unpaired) electrons. The van der Waals surface area contributed by atoms with E-state index in [-0.39, 0.29) is 48.2 Å². The van der Waals surface area contributed by atoms with Crippen molar-refractivity contribution < 1.29 is 24.2 Å². The Labute approximate surface area is 213 Å². The van der Waals surface area contributed by atoms with Crippen LogP contribution in [0.3, 0.4) is 0 Å². The molecule has 4 aliphatic rings. The van der Waals surface area contributed by atoms with Crippen molar-refractivity contribution in [3.63, 3.8) is 0 Å². The summed E-state index contributed by atoms with van der Waals surface area (Å²) in [5.41, 5.74) is 0. The molecular weight excluding hydrogens is 464 g/mol. The van der Waals surface area contributed by atoms with Crippen LogP contribution in [0.5, 0.6) is 0 Å². The molecule has 7 atom stereocenters. The smallest absolute Gasteiger partial charge is 0.310 e. The van der Waals surface area contributed by atoms with Crippen LogP contribution in [-0.2, 0) is 19.1 Å². The van der Waals surface area contributed by atoms with E-state index in [2.05, 4.69) is 20.1 Å². The molecule has 194 valence electrons. The van der Waals surface area contributed by atoms with Gasteiger partial charge >= 0.3 is 5.97 Å². The Morgan fingerprint density at radius 3 is 2.63 bits per heavy atom. The number of carbonyl (C=O) groups excluding carboxylic acids is 3. The van der Waals surface area contributed by atoms with E-state index in [1.807, 2.05) is 4.90 Å². The van der Waals surface area contributed by atoms with Crippen LogP contribution >= 0.6 is 11.8 Å². The maximum absolute atomic E-state index is 14.4. The SMILES string of the molecule is C=CCCOC(=O)[C@@H]1[C@@H]2CC(C)C3(S2)C(C(=O)N(CC=C)C2CCCCC2)N([C@H](C)CO)C(=O)[C@H]13. The van der Waals surface area contributed by atoms with Crippen LogP contribution in [0, 0.1) is 17.8 Å². The number of thioether (sulfide) groups is 1. The molecule has 3 saturated heterocycles. The first-order valence-corrected chi connectivity index (χ1v) is 14.0. The van der Waals surface area contributed by atoms with E-state index in [9.17, 15) is 19.5 Å². The predicted molar refractivity (Wildman–Crippen MR) is 137 cm³/mol. The first kappa shape index (κ1) is 26.3. The molecule has 8 heteroatoms. The molecular formula is C27H40N2O5S. The third-order valence-corrected chi connectivity index (χ3v) is 10.7. The number of carbonyl (C=O) groups is 3. The molecule has 1 spiro atoms. The van der Waals surface area contributed by atoms with Gasteiger partial charge in [0, 0.05) is 17.8 Å². The fraction of sp³-hybridized carbons (Fsp3) is 0.741. The lowest BCUT2D eigenvalue weighted by molar-refractivity contribution is -0.154. The summed E-state index contributed by atoms with van der Waals surface area (Å²) in [6, 6.07) is -1.10. The Morgan fingerprint density at radius 2 is 2.00 bits per heavy atom. The van der Waals surface area contributed by atoms with Crippen LogP contribution in [0.25, 0.3) is 0 Å². The molecule has 4 fully saturated rings. The number of nitrogens with zero attached hydrogens (tertiary/aromatic N) is 2. The second kappa shape index (κ2) is 10.7. The molecule has 7 nitrogen and oxygen atoms in total. The molecule has 35 heavy (non-hydrogen) atoms. The van der Waals surface area contributed by atoms with Gasteiger partial charge in [-0.3, -0.25) is 14.4 Å². The zero-order chi connectivity index (χ0) is 25.3. The molecule has 1 aliphatic carbocycles. The van der Waals surface area contributed by atoms with E-state index in [4.69, 9.17) is 4.74 Å². The number of aliphatic hydroxyl groups excluding tert-OH is 1. The third-order valence-electron chi connectivity index (χ3n) is 8.62. The van der Waals surface area contributed by atoms with Crippen molar-refractivity contribution >= 4 is 29.5 Å². The van der Waals surface area contributed by atoms with Crippen LogP contribution in [0.4, 0.5) is 0 Å². The summed E-state index contributed by atoms with van der Waals surface area (Å²) in [5, 5.41) is 10.0. The summed E-state index contributed by atoms with van der Waals surface area (Å²) in [6.45, 7) is 11.9. The van der Waals surface area contributed by atoms with Crippen LogP contribution in [0.2, 0.25) is 0 Å². The quantitative estimate of drug-likeness (QED) is 0.279. The Morgan fingerprint density at radius 1 is 1.29 bits per heavy atom. The van der Waals surface area contributed by atoms with E-state index in [1.54, 1.807) is 35.7 Å². The average molecular weight is 505 g/mol. The number of esters is 1. The minimum absolute atomic E-state index is 0.0420. The monoisotopic (exact) mass is 504 g/mol. The van der Waals surface area contributed by atoms with E-state index in [1.165, 1.54) is 6.42 Å². The minimum atomic E-state index is -0.708. The number of hydrogen-bond acceptors (Lipinski definition) is 6. The van der Waals surface area contributed by atoms with Gasteiger partial charge in [0.25, 0.3) is 0 Å². The predicted octanol–water partition coefficient (Wildman–Crippen LogP) is 3.17. The van der Waals surface area contributed by atoms with Gasteiger partial charge in [0.05, 0.1) is 35.8 Å². The highest BCUT2D eigenvalue weighted by atomic mass is 32.2. The molecule has 2 bridgehead atoms. The molecule has 4 rings (SSSR count). The lowest BCUT2D eigenvalue weighted by atomic mass is 9.66. The Bertz CT molecular complexity index is 859. The maximum atomic E-state index is 14.4. The normalized spacial score (nSPS) is 35.0. The van der Waals surface area contributed by atoms with Gasteiger partial charge in [-0.05, 0) is 38.5 Å². The number of ether oxygens (including phenoxy) is 1. The van der Waals surface area contributed by atoms with E-state index in [0.717, 1.165) is 32.1 Å². The average Bonchev–Trinajstić information content (AvgIpc) is 3.46. The molecule has 3 heterocycles. The van der Waals surface area contributed by atoms with Crippen LogP contribution in [-0.4, -0.2) is 80.6 Å². The lowest BCUT2D eigenvalue weighted by Crippen LogP contribution is -2.60. The number of fused-ring (bicyclic) bond motifs is 1. The number of amides is 2. The summed E-state index contributed by atoms with van der Waals surface area (Å²) in [4.78, 5) is 45.2. The highest BCUT2D eigenvalue weighted by Gasteiger charge is 2.77. The Balaban J connectivity index is 1.73. The fourth-order valence-corrected chi connectivity index (χ4v) is 9.41. The van der Waals surface area contributed by atoms with E-state index in [0.29, 0.717) is 13.0 Å². The standard InChI is InChI=1S/C27H40N2O5S/c1-5-7-14-34-26(33)21-20-15-17(3)27(35-20)22(21)24(31)29(18(4)16-30)23(27)25(32)28(13-6-2)19-11-9-8-10-12-19/h5-6,17-23,30H,1-2,7-16H2,3-4H3/t17?,18-,20+,21-,22+,23?,27?/m1/s1. The maximum Gasteiger partial charge on any atom is 0.310 e. The number of likely N-dealkylation sites (tertiary alicyclic amines) is 1. The number of aliphatic hydroxyl groups is 1. The van der Waals surface area contributed by atoms with Crippen molar-refractivity contribution in [1.29, 1.82) is 0 Å². The zero-order valence-corrected chi connectivity index (χ0v) is 21.9. The summed E-state index contributed by atoms with van der Waals surface area (Å²) in [6.07, 6.45) is 10.1. The molecule has 1 saturated carbocycles. The third kappa shape index (κ3) is 4.24. The second-order valence-corrected chi connectivity index (χ2v) is 12.2. The van der Waals surface area contributed by atoms with Crippen molar-refractivity contribution in [3.05, 3.63) is 25.3 Å². The van der Waals surface area contributed by atoms with Crippen molar-refractivity contribution in [2.45, 2.75) is 86.9 Å². The molecule has 2 amide bonds. The van der Waals surface area contributed by atoms with Crippen LogP contribution in [0.15, 0.2) is 25.3 Å². The van der Waals surface area contributed by atoms with Crippen LogP contribution in [0.1, 0.15) is 58.8 Å². The molecule has 0 aromatic rings. The fourth-order valence-electron chi connectivity index (χ4n) is 7.02. The van der Waals surface area contributed by atoms with E-state index < -0.39 is 28.7 Å². The summed E-state index contributed by atoms with van der Waals surface area (Å²) in [5.74, 6) is -1.70. The van der Waals surface area contributed by atoms with Gasteiger partial charge in [0.15, 0.2) is 0 Å². The van der Waals surface area contributed by atoms with Gasteiger partial charge in [-0.1, -0.05) is 38.3 Å². The Hall–Kier alpha value is -1.80. The van der Waals surface area contributed by atoms with E-state index >= 15 is 0 Å². The van der Waals surface area contributed by atoms with Gasteiger partial charge in [-0.25, -0.2) is 0 Å². The van der Waals surface area contributed by atoms with Crippen molar-refractivity contribution in [3.8, 4) is 0 Å². The Kier molecular flexibility index (Phi) is 8.01. The molecule has 3 unspecified atom stereocenters. The minimum Gasteiger partial charge on any atom is -0.465 e.